The second-order valence-electron chi connectivity index (χ2n) is 8.46. The molecule has 3 rings (SSSR count). The second kappa shape index (κ2) is 9.85. The molecule has 1 amide bonds. The van der Waals surface area contributed by atoms with Crippen LogP contribution in [0.4, 0.5) is 4.39 Å². The van der Waals surface area contributed by atoms with Gasteiger partial charge in [-0.15, -0.1) is 0 Å². The molecule has 2 aromatic carbocycles. The zero-order valence-electron chi connectivity index (χ0n) is 18.7. The predicted octanol–water partition coefficient (Wildman–Crippen LogP) is 3.16. The largest absolute Gasteiger partial charge is 0.504 e. The fourth-order valence-electron chi connectivity index (χ4n) is 3.89. The summed E-state index contributed by atoms with van der Waals surface area (Å²) in [6.45, 7) is 5.46. The highest BCUT2D eigenvalue weighted by Crippen LogP contribution is 2.39. The lowest BCUT2D eigenvalue weighted by atomic mass is 9.92. The molecule has 32 heavy (non-hydrogen) atoms. The summed E-state index contributed by atoms with van der Waals surface area (Å²) in [7, 11) is 1.56. The molecule has 0 radical (unpaired) electrons. The summed E-state index contributed by atoms with van der Waals surface area (Å²) in [6.07, 6.45) is -1.58. The zero-order chi connectivity index (χ0) is 23.5. The van der Waals surface area contributed by atoms with Crippen molar-refractivity contribution >= 4 is 5.91 Å². The number of phenolic OH excluding ortho intramolecular Hbond substituents is 1. The van der Waals surface area contributed by atoms with Crippen LogP contribution in [0.2, 0.25) is 0 Å². The Morgan fingerprint density at radius 2 is 2.06 bits per heavy atom. The molecule has 0 aromatic heterocycles. The van der Waals surface area contributed by atoms with Gasteiger partial charge in [-0.3, -0.25) is 4.79 Å². The van der Waals surface area contributed by atoms with Crippen molar-refractivity contribution in [3.8, 4) is 22.6 Å². The second-order valence-corrected chi connectivity index (χ2v) is 8.46. The van der Waals surface area contributed by atoms with E-state index in [1.165, 1.54) is 25.1 Å². The first-order chi connectivity index (χ1) is 15.1. The molecule has 1 saturated heterocycles. The number of ether oxygens (including phenoxy) is 3. The van der Waals surface area contributed by atoms with Gasteiger partial charge in [0.05, 0.1) is 11.7 Å². The number of methoxy groups -OCH3 is 1. The van der Waals surface area contributed by atoms with Gasteiger partial charge in [0.2, 0.25) is 12.2 Å². The van der Waals surface area contributed by atoms with Crippen LogP contribution in [0, 0.1) is 5.82 Å². The van der Waals surface area contributed by atoms with Crippen molar-refractivity contribution in [1.29, 1.82) is 0 Å². The number of aliphatic hydroxyl groups excluding tert-OH is 1. The maximum Gasteiger partial charge on any atom is 0.226 e. The monoisotopic (exact) mass is 447 g/mol. The van der Waals surface area contributed by atoms with Crippen LogP contribution >= 0.6 is 0 Å². The summed E-state index contributed by atoms with van der Waals surface area (Å²) in [5, 5.41) is 23.8. The van der Waals surface area contributed by atoms with Crippen LogP contribution in [-0.4, -0.2) is 53.9 Å². The fraction of sp³-hybridized carbons (Fsp3) is 0.458. The van der Waals surface area contributed by atoms with E-state index in [2.05, 4.69) is 5.32 Å². The average molecular weight is 448 g/mol. The van der Waals surface area contributed by atoms with E-state index in [-0.39, 0.29) is 23.5 Å². The maximum absolute atomic E-state index is 13.9. The highest BCUT2D eigenvalue weighted by Gasteiger charge is 2.44. The van der Waals surface area contributed by atoms with Gasteiger partial charge < -0.3 is 29.7 Å². The summed E-state index contributed by atoms with van der Waals surface area (Å²) < 4.78 is 31.1. The summed E-state index contributed by atoms with van der Waals surface area (Å²) in [5.74, 6) is -0.611. The van der Waals surface area contributed by atoms with Gasteiger partial charge in [-0.25, -0.2) is 4.39 Å². The van der Waals surface area contributed by atoms with Crippen molar-refractivity contribution in [2.24, 2.45) is 0 Å². The molecule has 1 fully saturated rings. The molecule has 7 nitrogen and oxygen atoms in total. The minimum absolute atomic E-state index is 0.100. The first-order valence-electron chi connectivity index (χ1n) is 10.5. The van der Waals surface area contributed by atoms with Gasteiger partial charge in [0.25, 0.3) is 0 Å². The number of carbonyl (C=O) groups excluding carboxylic acids is 1. The SMILES string of the molecule is CO[C@@H]1C[C@@H](O)[C@H](Oc2cc(-c3cccc(F)c3)c(CCNC(C)=O)cc2O)OC1(C)C. The summed E-state index contributed by atoms with van der Waals surface area (Å²) >= 11 is 0. The lowest BCUT2D eigenvalue weighted by molar-refractivity contribution is -0.271. The van der Waals surface area contributed by atoms with Gasteiger partial charge in [-0.1, -0.05) is 12.1 Å². The van der Waals surface area contributed by atoms with E-state index in [0.29, 0.717) is 36.1 Å². The third-order valence-electron chi connectivity index (χ3n) is 5.58. The molecule has 0 aliphatic carbocycles. The first-order valence-corrected chi connectivity index (χ1v) is 10.5. The molecule has 0 saturated carbocycles. The van der Waals surface area contributed by atoms with Gasteiger partial charge in [0.1, 0.15) is 11.9 Å². The molecular weight excluding hydrogens is 417 g/mol. The van der Waals surface area contributed by atoms with Crippen molar-refractivity contribution in [2.75, 3.05) is 13.7 Å². The Balaban J connectivity index is 1.93. The number of nitrogens with one attached hydrogen (secondary N) is 1. The van der Waals surface area contributed by atoms with Gasteiger partial charge in [-0.2, -0.15) is 0 Å². The molecule has 3 atom stereocenters. The van der Waals surface area contributed by atoms with Crippen molar-refractivity contribution < 1.29 is 33.6 Å². The normalized spacial score (nSPS) is 22.4. The molecule has 3 N–H and O–H groups in total. The molecule has 1 aliphatic rings. The molecule has 2 aromatic rings. The fourth-order valence-corrected chi connectivity index (χ4v) is 3.89. The van der Waals surface area contributed by atoms with E-state index in [9.17, 15) is 19.4 Å². The molecule has 174 valence electrons. The van der Waals surface area contributed by atoms with Crippen molar-refractivity contribution in [3.05, 3.63) is 47.8 Å². The smallest absolute Gasteiger partial charge is 0.226 e. The summed E-state index contributed by atoms with van der Waals surface area (Å²) in [6, 6.07) is 9.19. The highest BCUT2D eigenvalue weighted by molar-refractivity contribution is 5.73. The van der Waals surface area contributed by atoms with Gasteiger partial charge >= 0.3 is 0 Å². The number of benzene rings is 2. The van der Waals surface area contributed by atoms with Crippen LogP contribution in [0.1, 0.15) is 32.8 Å². The van der Waals surface area contributed by atoms with Crippen LogP contribution in [0.25, 0.3) is 11.1 Å². The third-order valence-corrected chi connectivity index (χ3v) is 5.58. The average Bonchev–Trinajstić information content (AvgIpc) is 2.71. The number of halogens is 1. The molecule has 0 spiro atoms. The van der Waals surface area contributed by atoms with E-state index in [1.807, 2.05) is 13.8 Å². The minimum Gasteiger partial charge on any atom is -0.504 e. The Hall–Kier alpha value is -2.68. The number of hydrogen-bond acceptors (Lipinski definition) is 6. The zero-order valence-corrected chi connectivity index (χ0v) is 18.7. The molecular formula is C24H30FNO6. The Labute approximate surface area is 187 Å². The molecule has 1 heterocycles. The Kier molecular flexibility index (Phi) is 7.38. The lowest BCUT2D eigenvalue weighted by Crippen LogP contribution is -2.55. The molecule has 0 unspecified atom stereocenters. The van der Waals surface area contributed by atoms with Gasteiger partial charge in [0, 0.05) is 27.0 Å². The number of aromatic hydroxyl groups is 1. The van der Waals surface area contributed by atoms with Crippen LogP contribution in [0.5, 0.6) is 11.5 Å². The van der Waals surface area contributed by atoms with Crippen molar-refractivity contribution in [2.45, 2.75) is 57.7 Å². The number of amides is 1. The van der Waals surface area contributed by atoms with Crippen LogP contribution in [0.15, 0.2) is 36.4 Å². The molecule has 1 aliphatic heterocycles. The number of hydrogen-bond donors (Lipinski definition) is 3. The van der Waals surface area contributed by atoms with Crippen molar-refractivity contribution in [1.82, 2.24) is 5.32 Å². The van der Waals surface area contributed by atoms with Crippen LogP contribution in [-0.2, 0) is 20.7 Å². The lowest BCUT2D eigenvalue weighted by Gasteiger charge is -2.43. The number of rotatable bonds is 7. The van der Waals surface area contributed by atoms with E-state index in [4.69, 9.17) is 14.2 Å². The molecule has 8 heteroatoms. The third kappa shape index (κ3) is 5.56. The van der Waals surface area contributed by atoms with Gasteiger partial charge in [-0.05, 0) is 61.2 Å². The Morgan fingerprint density at radius 3 is 2.72 bits per heavy atom. The number of aliphatic hydroxyl groups is 1. The van der Waals surface area contributed by atoms with Crippen LogP contribution in [0.3, 0.4) is 0 Å². The van der Waals surface area contributed by atoms with E-state index in [0.717, 1.165) is 0 Å². The van der Waals surface area contributed by atoms with Gasteiger partial charge in [0.15, 0.2) is 11.5 Å². The summed E-state index contributed by atoms with van der Waals surface area (Å²) in [5.41, 5.74) is 1.23. The Bertz CT molecular complexity index is 964. The van der Waals surface area contributed by atoms with E-state index < -0.39 is 23.8 Å². The summed E-state index contributed by atoms with van der Waals surface area (Å²) in [4.78, 5) is 11.2. The molecule has 0 bridgehead atoms. The highest BCUT2D eigenvalue weighted by atomic mass is 19.1. The predicted molar refractivity (Wildman–Crippen MR) is 117 cm³/mol. The van der Waals surface area contributed by atoms with Crippen molar-refractivity contribution in [3.63, 3.8) is 0 Å². The Morgan fingerprint density at radius 1 is 1.31 bits per heavy atom. The quantitative estimate of drug-likeness (QED) is 0.603. The van der Waals surface area contributed by atoms with Crippen LogP contribution < -0.4 is 10.1 Å². The maximum atomic E-state index is 13.9. The first kappa shape index (κ1) is 24.0. The topological polar surface area (TPSA) is 97.2 Å². The minimum atomic E-state index is -1.02. The number of phenols is 1. The van der Waals surface area contributed by atoms with E-state index in [1.54, 1.807) is 25.3 Å². The standard InChI is InChI=1S/C24H30FNO6/c1-14(27)26-9-8-16-11-19(28)21(12-18(16)15-6-5-7-17(25)10-15)31-23-20(29)13-22(30-4)24(2,3)32-23/h5-7,10-12,20,22-23,28-29H,8-9,13H2,1-4H3,(H,26,27)/t20-,22-,23-/m1/s1. The number of carbonyl (C=O) groups is 1. The van der Waals surface area contributed by atoms with E-state index >= 15 is 0 Å².